The zero-order valence-corrected chi connectivity index (χ0v) is 16.1. The number of carbonyl (C=O) groups is 3. The van der Waals surface area contributed by atoms with Gasteiger partial charge in [-0.1, -0.05) is 12.1 Å². The molecule has 10 heteroatoms. The molecule has 1 aromatic heterocycles. The number of pyridine rings is 1. The Morgan fingerprint density at radius 2 is 1.63 bits per heavy atom. The lowest BCUT2D eigenvalue weighted by molar-refractivity contribution is -0.385. The summed E-state index contributed by atoms with van der Waals surface area (Å²) >= 11 is 0. The monoisotopic (exact) mass is 412 g/mol. The molecule has 30 heavy (non-hydrogen) atoms. The Morgan fingerprint density at radius 3 is 2.27 bits per heavy atom. The molecule has 0 atom stereocenters. The minimum Gasteiger partial charge on any atom is -0.356 e. The van der Waals surface area contributed by atoms with Gasteiger partial charge in [0.15, 0.2) is 0 Å². The standard InChI is InChI=1S/C20H20N4O6/c25-17(9-12-23-19(27)15-5-1-2-6-16(15)20(23)28)21-10-3-4-11-22-13-14(24(29)30)7-8-18(22)26/h1-2,5-8,13H,3-4,9-12H2,(H,21,25). The number of hydrogen-bond donors (Lipinski definition) is 1. The van der Waals surface area contributed by atoms with E-state index < -0.39 is 16.7 Å². The van der Waals surface area contributed by atoms with Crippen molar-refractivity contribution in [2.24, 2.45) is 0 Å². The van der Waals surface area contributed by atoms with Crippen LogP contribution in [0, 0.1) is 10.1 Å². The first-order valence-electron chi connectivity index (χ1n) is 9.45. The first-order chi connectivity index (χ1) is 14.4. The molecule has 1 aromatic carbocycles. The summed E-state index contributed by atoms with van der Waals surface area (Å²) in [7, 11) is 0. The van der Waals surface area contributed by atoms with E-state index >= 15 is 0 Å². The van der Waals surface area contributed by atoms with Crippen LogP contribution in [0.15, 0.2) is 47.4 Å². The minimum atomic E-state index is -0.565. The van der Waals surface area contributed by atoms with Crippen LogP contribution in [0.25, 0.3) is 0 Å². The number of unbranched alkanes of at least 4 members (excludes halogenated alkanes) is 1. The van der Waals surface area contributed by atoms with Gasteiger partial charge in [-0.3, -0.25) is 34.2 Å². The number of nitrogens with zero attached hydrogens (tertiary/aromatic N) is 3. The van der Waals surface area contributed by atoms with Gasteiger partial charge in [-0.2, -0.15) is 0 Å². The number of nitro groups is 1. The molecule has 0 saturated carbocycles. The average molecular weight is 412 g/mol. The fourth-order valence-corrected chi connectivity index (χ4v) is 3.18. The van der Waals surface area contributed by atoms with Gasteiger partial charge >= 0.3 is 0 Å². The predicted molar refractivity (Wildman–Crippen MR) is 106 cm³/mol. The van der Waals surface area contributed by atoms with Crippen LogP contribution in [-0.2, 0) is 11.3 Å². The molecular formula is C20H20N4O6. The van der Waals surface area contributed by atoms with Crippen molar-refractivity contribution in [3.8, 4) is 0 Å². The second-order valence-electron chi connectivity index (χ2n) is 6.79. The molecule has 10 nitrogen and oxygen atoms in total. The third-order valence-electron chi connectivity index (χ3n) is 4.77. The van der Waals surface area contributed by atoms with E-state index in [-0.39, 0.29) is 30.1 Å². The Bertz CT molecular complexity index is 1030. The third-order valence-corrected chi connectivity index (χ3v) is 4.77. The van der Waals surface area contributed by atoms with Gasteiger partial charge in [0.05, 0.1) is 22.2 Å². The summed E-state index contributed by atoms with van der Waals surface area (Å²) in [5.74, 6) is -1.09. The van der Waals surface area contributed by atoms with Crippen molar-refractivity contribution >= 4 is 23.4 Å². The smallest absolute Gasteiger partial charge is 0.285 e. The number of aromatic nitrogens is 1. The number of imide groups is 1. The maximum atomic E-state index is 12.3. The van der Waals surface area contributed by atoms with Crippen LogP contribution in [0.3, 0.4) is 0 Å². The van der Waals surface area contributed by atoms with Crippen molar-refractivity contribution in [2.45, 2.75) is 25.8 Å². The van der Waals surface area contributed by atoms with Gasteiger partial charge in [0.2, 0.25) is 5.91 Å². The zero-order chi connectivity index (χ0) is 21.7. The van der Waals surface area contributed by atoms with Crippen molar-refractivity contribution in [3.63, 3.8) is 0 Å². The van der Waals surface area contributed by atoms with Gasteiger partial charge in [-0.05, 0) is 25.0 Å². The lowest BCUT2D eigenvalue weighted by Gasteiger charge is -2.13. The summed E-state index contributed by atoms with van der Waals surface area (Å²) in [5.41, 5.74) is 0.209. The van der Waals surface area contributed by atoms with Crippen molar-refractivity contribution in [1.82, 2.24) is 14.8 Å². The maximum absolute atomic E-state index is 12.3. The maximum Gasteiger partial charge on any atom is 0.285 e. The lowest BCUT2D eigenvalue weighted by atomic mass is 10.1. The van der Waals surface area contributed by atoms with Crippen LogP contribution in [0.1, 0.15) is 40.0 Å². The van der Waals surface area contributed by atoms with Crippen molar-refractivity contribution in [1.29, 1.82) is 0 Å². The van der Waals surface area contributed by atoms with Gasteiger partial charge in [0.1, 0.15) is 0 Å². The average Bonchev–Trinajstić information content (AvgIpc) is 2.97. The highest BCUT2D eigenvalue weighted by atomic mass is 16.6. The van der Waals surface area contributed by atoms with Gasteiger partial charge < -0.3 is 9.88 Å². The quantitative estimate of drug-likeness (QED) is 0.286. The number of benzene rings is 1. The number of rotatable bonds is 9. The van der Waals surface area contributed by atoms with Crippen LogP contribution >= 0.6 is 0 Å². The van der Waals surface area contributed by atoms with E-state index in [1.54, 1.807) is 24.3 Å². The fraction of sp³-hybridized carbons (Fsp3) is 0.300. The molecule has 2 heterocycles. The third kappa shape index (κ3) is 4.59. The van der Waals surface area contributed by atoms with Gasteiger partial charge in [-0.15, -0.1) is 0 Å². The summed E-state index contributed by atoms with van der Waals surface area (Å²) in [6.07, 6.45) is 2.30. The molecule has 1 aliphatic rings. The molecule has 1 N–H and O–H groups in total. The highest BCUT2D eigenvalue weighted by Crippen LogP contribution is 2.22. The Kier molecular flexibility index (Phi) is 6.35. The number of carbonyl (C=O) groups excluding carboxylic acids is 3. The van der Waals surface area contributed by atoms with E-state index in [1.807, 2.05) is 0 Å². The van der Waals surface area contributed by atoms with Gasteiger partial charge in [-0.25, -0.2) is 0 Å². The van der Waals surface area contributed by atoms with E-state index in [4.69, 9.17) is 0 Å². The Labute approximate surface area is 171 Å². The van der Waals surface area contributed by atoms with Crippen molar-refractivity contribution < 1.29 is 19.3 Å². The molecule has 0 bridgehead atoms. The molecule has 0 spiro atoms. The second-order valence-corrected chi connectivity index (χ2v) is 6.79. The molecule has 3 amide bonds. The number of fused-ring (bicyclic) bond motifs is 1. The Balaban J connectivity index is 1.39. The summed E-state index contributed by atoms with van der Waals surface area (Å²) in [6.45, 7) is 0.650. The zero-order valence-electron chi connectivity index (χ0n) is 16.1. The number of aryl methyl sites for hydroxylation is 1. The molecule has 3 rings (SSSR count). The molecule has 0 unspecified atom stereocenters. The van der Waals surface area contributed by atoms with Crippen molar-refractivity contribution in [3.05, 3.63) is 74.2 Å². The molecular weight excluding hydrogens is 392 g/mol. The summed E-state index contributed by atoms with van der Waals surface area (Å²) in [4.78, 5) is 59.5. The van der Waals surface area contributed by atoms with Crippen LogP contribution in [0.5, 0.6) is 0 Å². The molecule has 0 aliphatic carbocycles. The Hall–Kier alpha value is -3.82. The SMILES string of the molecule is O=C(CCN1C(=O)c2ccccc2C1=O)NCCCCn1cc([N+](=O)[O-])ccc1=O. The molecule has 2 aromatic rings. The lowest BCUT2D eigenvalue weighted by Crippen LogP contribution is -2.34. The highest BCUT2D eigenvalue weighted by molar-refractivity contribution is 6.21. The van der Waals surface area contributed by atoms with E-state index in [0.717, 1.165) is 17.0 Å². The molecule has 0 saturated heterocycles. The first kappa shape index (κ1) is 20.9. The van der Waals surface area contributed by atoms with Gasteiger partial charge in [0.25, 0.3) is 23.1 Å². The van der Waals surface area contributed by atoms with Crippen LogP contribution in [0.4, 0.5) is 5.69 Å². The summed E-state index contributed by atoms with van der Waals surface area (Å²) in [6, 6.07) is 8.85. The number of nitrogens with one attached hydrogen (secondary N) is 1. The first-order valence-corrected chi connectivity index (χ1v) is 9.45. The molecule has 156 valence electrons. The predicted octanol–water partition coefficient (Wildman–Crippen LogP) is 1.34. The van der Waals surface area contributed by atoms with Crippen LogP contribution < -0.4 is 10.9 Å². The van der Waals surface area contributed by atoms with E-state index in [0.29, 0.717) is 37.1 Å². The van der Waals surface area contributed by atoms with Crippen LogP contribution in [0.2, 0.25) is 0 Å². The summed E-state index contributed by atoms with van der Waals surface area (Å²) in [5, 5.41) is 13.5. The van der Waals surface area contributed by atoms with Gasteiger partial charge in [0, 0.05) is 38.2 Å². The molecule has 0 fully saturated rings. The number of amides is 3. The minimum absolute atomic E-state index is 0.00125. The van der Waals surface area contributed by atoms with Crippen LogP contribution in [-0.4, -0.2) is 45.2 Å². The molecule has 0 radical (unpaired) electrons. The molecule has 1 aliphatic heterocycles. The highest BCUT2D eigenvalue weighted by Gasteiger charge is 2.34. The fourth-order valence-electron chi connectivity index (χ4n) is 3.18. The van der Waals surface area contributed by atoms with Crippen molar-refractivity contribution in [2.75, 3.05) is 13.1 Å². The largest absolute Gasteiger partial charge is 0.356 e. The second kappa shape index (κ2) is 9.12. The topological polar surface area (TPSA) is 132 Å². The number of hydrogen-bond acceptors (Lipinski definition) is 6. The van der Waals surface area contributed by atoms with E-state index in [9.17, 15) is 29.3 Å². The normalized spacial score (nSPS) is 12.7. The van der Waals surface area contributed by atoms with E-state index in [1.165, 1.54) is 10.8 Å². The van der Waals surface area contributed by atoms with E-state index in [2.05, 4.69) is 5.32 Å². The Morgan fingerprint density at radius 1 is 0.967 bits per heavy atom. The summed E-state index contributed by atoms with van der Waals surface area (Å²) < 4.78 is 1.27.